The summed E-state index contributed by atoms with van der Waals surface area (Å²) in [6.07, 6.45) is 6.67. The van der Waals surface area contributed by atoms with Crippen molar-refractivity contribution in [3.63, 3.8) is 0 Å². The van der Waals surface area contributed by atoms with Crippen LogP contribution in [0.5, 0.6) is 0 Å². The van der Waals surface area contributed by atoms with E-state index in [2.05, 4.69) is 17.0 Å². The van der Waals surface area contributed by atoms with Crippen molar-refractivity contribution < 1.29 is 9.13 Å². The zero-order valence-corrected chi connectivity index (χ0v) is 13.6. The fourth-order valence-electron chi connectivity index (χ4n) is 2.18. The Balaban J connectivity index is 2.07. The first-order valence-corrected chi connectivity index (χ1v) is 7.82. The lowest BCUT2D eigenvalue weighted by Crippen LogP contribution is -2.02. The molecular formula is C17H23FN4O. The SMILES string of the molecule is CCCCCOCc1cc(F)ccc1C=Nn1cc(C)nc1N. The Morgan fingerprint density at radius 3 is 2.91 bits per heavy atom. The number of benzene rings is 1. The van der Waals surface area contributed by atoms with Gasteiger partial charge in [-0.2, -0.15) is 5.10 Å². The fourth-order valence-corrected chi connectivity index (χ4v) is 2.18. The van der Waals surface area contributed by atoms with Crippen LogP contribution in [-0.2, 0) is 11.3 Å². The van der Waals surface area contributed by atoms with Crippen molar-refractivity contribution in [3.8, 4) is 0 Å². The molecule has 124 valence electrons. The Morgan fingerprint density at radius 2 is 2.22 bits per heavy atom. The molecule has 0 aliphatic heterocycles. The number of halogens is 1. The lowest BCUT2D eigenvalue weighted by Gasteiger charge is -2.07. The van der Waals surface area contributed by atoms with Crippen molar-refractivity contribution >= 4 is 12.2 Å². The molecule has 0 aliphatic carbocycles. The van der Waals surface area contributed by atoms with Crippen molar-refractivity contribution in [2.75, 3.05) is 12.3 Å². The molecule has 0 unspecified atom stereocenters. The van der Waals surface area contributed by atoms with E-state index in [1.165, 1.54) is 16.8 Å². The van der Waals surface area contributed by atoms with Gasteiger partial charge in [0.25, 0.3) is 0 Å². The normalized spacial score (nSPS) is 11.4. The Morgan fingerprint density at radius 1 is 1.39 bits per heavy atom. The summed E-state index contributed by atoms with van der Waals surface area (Å²) in [5.41, 5.74) is 8.10. The number of imidazole rings is 1. The highest BCUT2D eigenvalue weighted by Gasteiger charge is 2.04. The topological polar surface area (TPSA) is 65.4 Å². The van der Waals surface area contributed by atoms with E-state index in [4.69, 9.17) is 10.5 Å². The van der Waals surface area contributed by atoms with Gasteiger partial charge in [-0.3, -0.25) is 0 Å². The highest BCUT2D eigenvalue weighted by molar-refractivity contribution is 5.81. The number of anilines is 1. The fraction of sp³-hybridized carbons (Fsp3) is 0.412. The third kappa shape index (κ3) is 5.17. The van der Waals surface area contributed by atoms with Crippen LogP contribution in [-0.4, -0.2) is 22.5 Å². The summed E-state index contributed by atoms with van der Waals surface area (Å²) in [4.78, 5) is 4.08. The molecule has 0 amide bonds. The molecule has 0 fully saturated rings. The number of hydrogen-bond acceptors (Lipinski definition) is 4. The molecule has 5 nitrogen and oxygen atoms in total. The number of nitrogens with two attached hydrogens (primary N) is 1. The smallest absolute Gasteiger partial charge is 0.221 e. The minimum atomic E-state index is -0.285. The van der Waals surface area contributed by atoms with E-state index in [1.54, 1.807) is 18.5 Å². The molecule has 1 aromatic heterocycles. The van der Waals surface area contributed by atoms with Gasteiger partial charge in [0.15, 0.2) is 0 Å². The summed E-state index contributed by atoms with van der Waals surface area (Å²) in [7, 11) is 0. The predicted molar refractivity (Wildman–Crippen MR) is 89.9 cm³/mol. The third-order valence-electron chi connectivity index (χ3n) is 3.41. The van der Waals surface area contributed by atoms with E-state index in [0.717, 1.165) is 36.1 Å². The number of nitrogens with zero attached hydrogens (tertiary/aromatic N) is 3. The number of unbranched alkanes of at least 4 members (excludes halogenated alkanes) is 2. The van der Waals surface area contributed by atoms with Gasteiger partial charge >= 0.3 is 0 Å². The first kappa shape index (κ1) is 17.1. The van der Waals surface area contributed by atoms with Crippen LogP contribution in [0.15, 0.2) is 29.5 Å². The Kier molecular flexibility index (Phi) is 6.29. The first-order valence-electron chi connectivity index (χ1n) is 7.82. The van der Waals surface area contributed by atoms with E-state index >= 15 is 0 Å². The maximum absolute atomic E-state index is 13.5. The molecule has 2 rings (SSSR count). The number of aryl methyl sites for hydroxylation is 1. The number of aromatic nitrogens is 2. The van der Waals surface area contributed by atoms with E-state index in [1.807, 2.05) is 6.92 Å². The summed E-state index contributed by atoms with van der Waals surface area (Å²) in [5, 5.41) is 4.27. The van der Waals surface area contributed by atoms with Crippen LogP contribution >= 0.6 is 0 Å². The van der Waals surface area contributed by atoms with Gasteiger partial charge in [-0.15, -0.1) is 0 Å². The molecule has 0 saturated carbocycles. The molecule has 2 aromatic rings. The van der Waals surface area contributed by atoms with Gasteiger partial charge in [-0.25, -0.2) is 14.1 Å². The van der Waals surface area contributed by atoms with Crippen LogP contribution in [0.1, 0.15) is 43.0 Å². The highest BCUT2D eigenvalue weighted by Crippen LogP contribution is 2.12. The van der Waals surface area contributed by atoms with Crippen LogP contribution < -0.4 is 5.73 Å². The van der Waals surface area contributed by atoms with E-state index in [0.29, 0.717) is 19.2 Å². The molecule has 2 N–H and O–H groups in total. The van der Waals surface area contributed by atoms with Gasteiger partial charge in [-0.1, -0.05) is 25.8 Å². The highest BCUT2D eigenvalue weighted by atomic mass is 19.1. The molecule has 0 aliphatic rings. The first-order chi connectivity index (χ1) is 11.1. The second kappa shape index (κ2) is 8.43. The second-order valence-electron chi connectivity index (χ2n) is 5.43. The maximum Gasteiger partial charge on any atom is 0.221 e. The minimum absolute atomic E-state index is 0.285. The average Bonchev–Trinajstić information content (AvgIpc) is 2.84. The Bertz CT molecular complexity index is 667. The van der Waals surface area contributed by atoms with Crippen molar-refractivity contribution in [2.24, 2.45) is 5.10 Å². The van der Waals surface area contributed by atoms with Crippen LogP contribution in [0.25, 0.3) is 0 Å². The van der Waals surface area contributed by atoms with E-state index < -0.39 is 0 Å². The molecule has 0 atom stereocenters. The zero-order valence-electron chi connectivity index (χ0n) is 13.6. The van der Waals surface area contributed by atoms with Crippen LogP contribution in [0, 0.1) is 12.7 Å². The van der Waals surface area contributed by atoms with Crippen LogP contribution in [0.4, 0.5) is 10.3 Å². The molecule has 6 heteroatoms. The Hall–Kier alpha value is -2.21. The van der Waals surface area contributed by atoms with Gasteiger partial charge in [-0.05, 0) is 31.0 Å². The summed E-state index contributed by atoms with van der Waals surface area (Å²) in [6.45, 7) is 5.02. The molecular weight excluding hydrogens is 295 g/mol. The largest absolute Gasteiger partial charge is 0.377 e. The lowest BCUT2D eigenvalue weighted by molar-refractivity contribution is 0.117. The summed E-state index contributed by atoms with van der Waals surface area (Å²) >= 11 is 0. The van der Waals surface area contributed by atoms with Crippen molar-refractivity contribution in [1.29, 1.82) is 0 Å². The summed E-state index contributed by atoms with van der Waals surface area (Å²) < 4.78 is 20.6. The van der Waals surface area contributed by atoms with Gasteiger partial charge < -0.3 is 10.5 Å². The quantitative estimate of drug-likeness (QED) is 0.598. The van der Waals surface area contributed by atoms with E-state index in [-0.39, 0.29) is 5.82 Å². The molecule has 0 saturated heterocycles. The third-order valence-corrected chi connectivity index (χ3v) is 3.41. The van der Waals surface area contributed by atoms with Crippen LogP contribution in [0.2, 0.25) is 0 Å². The van der Waals surface area contributed by atoms with Crippen LogP contribution in [0.3, 0.4) is 0 Å². The van der Waals surface area contributed by atoms with Crippen molar-refractivity contribution in [1.82, 2.24) is 9.66 Å². The van der Waals surface area contributed by atoms with Gasteiger partial charge in [0.05, 0.1) is 24.7 Å². The molecule has 0 spiro atoms. The number of ether oxygens (including phenoxy) is 1. The second-order valence-corrected chi connectivity index (χ2v) is 5.43. The molecule has 0 bridgehead atoms. The lowest BCUT2D eigenvalue weighted by atomic mass is 10.1. The standard InChI is InChI=1S/C17H23FN4O/c1-3-4-5-8-23-12-15-9-16(18)7-6-14(15)10-20-22-11-13(2)21-17(22)19/h6-7,9-11H,3-5,8,12H2,1-2H3,(H2,19,21). The minimum Gasteiger partial charge on any atom is -0.377 e. The molecule has 0 radical (unpaired) electrons. The van der Waals surface area contributed by atoms with Gasteiger partial charge in [0.2, 0.25) is 5.95 Å². The van der Waals surface area contributed by atoms with Gasteiger partial charge in [0.1, 0.15) is 5.82 Å². The molecule has 1 aromatic carbocycles. The Labute approximate surface area is 136 Å². The predicted octanol–water partition coefficient (Wildman–Crippen LogP) is 3.50. The number of nitrogen functional groups attached to an aromatic ring is 1. The van der Waals surface area contributed by atoms with Gasteiger partial charge in [0, 0.05) is 12.2 Å². The summed E-state index contributed by atoms with van der Waals surface area (Å²) in [6, 6.07) is 4.57. The number of hydrogen-bond donors (Lipinski definition) is 1. The van der Waals surface area contributed by atoms with Crippen molar-refractivity contribution in [3.05, 3.63) is 47.0 Å². The zero-order chi connectivity index (χ0) is 16.7. The van der Waals surface area contributed by atoms with E-state index in [9.17, 15) is 4.39 Å². The molecule has 23 heavy (non-hydrogen) atoms. The monoisotopic (exact) mass is 318 g/mol. The van der Waals surface area contributed by atoms with Crippen molar-refractivity contribution in [2.45, 2.75) is 39.7 Å². The number of rotatable bonds is 8. The maximum atomic E-state index is 13.5. The average molecular weight is 318 g/mol. The summed E-state index contributed by atoms with van der Waals surface area (Å²) in [5.74, 6) is 0.0329. The molecule has 1 heterocycles.